The molecule has 216 valence electrons. The number of aromatic nitrogens is 4. The number of hydrogen-bond acceptors (Lipinski definition) is 8. The third kappa shape index (κ3) is 4.50. The van der Waals surface area contributed by atoms with Crippen molar-refractivity contribution in [2.75, 3.05) is 31.1 Å². The highest BCUT2D eigenvalue weighted by atomic mass is 35.5. The highest BCUT2D eigenvalue weighted by molar-refractivity contribution is 6.35. The van der Waals surface area contributed by atoms with E-state index in [-0.39, 0.29) is 46.7 Å². The molecule has 0 aliphatic carbocycles. The number of nitrogens with zero attached hydrogens (tertiary/aromatic N) is 7. The first-order chi connectivity index (χ1) is 20.2. The van der Waals surface area contributed by atoms with Crippen molar-refractivity contribution >= 4 is 28.2 Å². The van der Waals surface area contributed by atoms with Gasteiger partial charge in [-0.25, -0.2) is 8.78 Å². The SMILES string of the molecule is C=CC(O)N1CCN(c2c(C#N)c(=O)n3c4c(c(-c5ccc(F)cc5F)c(Cl)cc24)OCC3Cn2ccnn2)[C@@H](C)C1. The van der Waals surface area contributed by atoms with Gasteiger partial charge in [0.25, 0.3) is 5.56 Å². The number of aliphatic hydroxyl groups excluding tert-OH is 1. The molecule has 2 aromatic carbocycles. The van der Waals surface area contributed by atoms with Gasteiger partial charge in [-0.3, -0.25) is 18.9 Å². The van der Waals surface area contributed by atoms with E-state index in [1.165, 1.54) is 22.9 Å². The van der Waals surface area contributed by atoms with E-state index < -0.39 is 29.5 Å². The first-order valence-corrected chi connectivity index (χ1v) is 13.7. The van der Waals surface area contributed by atoms with Crippen LogP contribution in [0.5, 0.6) is 5.75 Å². The third-order valence-corrected chi connectivity index (χ3v) is 8.17. The Labute approximate surface area is 244 Å². The zero-order valence-electron chi connectivity index (χ0n) is 22.5. The molecule has 1 saturated heterocycles. The van der Waals surface area contributed by atoms with Gasteiger partial charge in [-0.1, -0.05) is 23.4 Å². The second-order valence-corrected chi connectivity index (χ2v) is 10.8. The van der Waals surface area contributed by atoms with Gasteiger partial charge in [0.05, 0.1) is 35.0 Å². The molecule has 2 aromatic heterocycles. The van der Waals surface area contributed by atoms with Crippen molar-refractivity contribution in [2.24, 2.45) is 0 Å². The summed E-state index contributed by atoms with van der Waals surface area (Å²) in [4.78, 5) is 18.0. The fourth-order valence-electron chi connectivity index (χ4n) is 5.97. The summed E-state index contributed by atoms with van der Waals surface area (Å²) in [5, 5.41) is 29.1. The molecule has 2 aliphatic rings. The summed E-state index contributed by atoms with van der Waals surface area (Å²) in [6, 6.07) is 6.08. The molecular formula is C29H26ClF2N7O3. The lowest BCUT2D eigenvalue weighted by Crippen LogP contribution is -2.55. The molecule has 3 atom stereocenters. The van der Waals surface area contributed by atoms with E-state index in [0.717, 1.165) is 12.1 Å². The van der Waals surface area contributed by atoms with Crippen molar-refractivity contribution in [3.63, 3.8) is 0 Å². The Morgan fingerprint density at radius 2 is 2.14 bits per heavy atom. The van der Waals surface area contributed by atoms with Crippen LogP contribution in [-0.4, -0.2) is 68.1 Å². The van der Waals surface area contributed by atoms with Gasteiger partial charge in [0, 0.05) is 54.5 Å². The molecule has 2 unspecified atom stereocenters. The van der Waals surface area contributed by atoms with Crippen LogP contribution < -0.4 is 15.2 Å². The summed E-state index contributed by atoms with van der Waals surface area (Å²) in [5.41, 5.74) is 0.307. The van der Waals surface area contributed by atoms with Crippen molar-refractivity contribution < 1.29 is 18.6 Å². The molecule has 6 rings (SSSR count). The highest BCUT2D eigenvalue weighted by Crippen LogP contribution is 2.48. The predicted octanol–water partition coefficient (Wildman–Crippen LogP) is 3.71. The molecule has 0 amide bonds. The average Bonchev–Trinajstić information content (AvgIpc) is 3.48. The summed E-state index contributed by atoms with van der Waals surface area (Å²) < 4.78 is 38.2. The Morgan fingerprint density at radius 1 is 1.33 bits per heavy atom. The van der Waals surface area contributed by atoms with E-state index in [1.807, 2.05) is 16.7 Å². The summed E-state index contributed by atoms with van der Waals surface area (Å²) in [7, 11) is 0. The lowest BCUT2D eigenvalue weighted by molar-refractivity contribution is 0.0297. The minimum atomic E-state index is -0.839. The second-order valence-electron chi connectivity index (χ2n) is 10.4. The molecule has 13 heteroatoms. The molecule has 0 radical (unpaired) electrons. The summed E-state index contributed by atoms with van der Waals surface area (Å²) >= 11 is 6.82. The van der Waals surface area contributed by atoms with Crippen LogP contribution >= 0.6 is 11.6 Å². The largest absolute Gasteiger partial charge is 0.488 e. The maximum absolute atomic E-state index is 15.1. The Kier molecular flexibility index (Phi) is 7.18. The third-order valence-electron chi connectivity index (χ3n) is 7.87. The van der Waals surface area contributed by atoms with Crippen LogP contribution in [0.15, 0.2) is 54.1 Å². The van der Waals surface area contributed by atoms with E-state index >= 15 is 4.39 Å². The number of halogens is 3. The van der Waals surface area contributed by atoms with E-state index in [1.54, 1.807) is 16.9 Å². The quantitative estimate of drug-likeness (QED) is 0.337. The van der Waals surface area contributed by atoms with Crippen LogP contribution in [0.4, 0.5) is 14.5 Å². The molecule has 42 heavy (non-hydrogen) atoms. The maximum atomic E-state index is 15.1. The van der Waals surface area contributed by atoms with E-state index in [9.17, 15) is 19.6 Å². The lowest BCUT2D eigenvalue weighted by Gasteiger charge is -2.43. The van der Waals surface area contributed by atoms with E-state index in [2.05, 4.69) is 23.0 Å². The standard InChI is InChI=1S/C29H26ClF2N7O3/c1-3-24(40)36-8-9-38(16(2)13-36)26-20-11-22(30)25(19-5-4-17(31)10-23(19)32)28-27(20)39(29(41)21(26)12-33)18(15-42-28)14-37-7-6-34-35-37/h3-7,10-11,16,18,24,40H,1,8-9,13-15H2,2H3/t16-,18?,24?/m0/s1. The maximum Gasteiger partial charge on any atom is 0.271 e. The normalized spacial score (nSPS) is 19.4. The van der Waals surface area contributed by atoms with Gasteiger partial charge in [0.2, 0.25) is 0 Å². The molecule has 1 N–H and O–H groups in total. The minimum Gasteiger partial charge on any atom is -0.488 e. The van der Waals surface area contributed by atoms with Gasteiger partial charge in [-0.15, -0.1) is 5.10 Å². The van der Waals surface area contributed by atoms with Crippen molar-refractivity contribution in [3.05, 3.63) is 81.9 Å². The van der Waals surface area contributed by atoms with Crippen LogP contribution in [0.2, 0.25) is 5.02 Å². The lowest BCUT2D eigenvalue weighted by atomic mass is 9.96. The number of ether oxygens (including phenoxy) is 1. The Bertz CT molecular complexity index is 1800. The molecule has 0 spiro atoms. The first kappa shape index (κ1) is 27.8. The van der Waals surface area contributed by atoms with Gasteiger partial charge in [-0.05, 0) is 31.2 Å². The summed E-state index contributed by atoms with van der Waals surface area (Å²) in [6.45, 7) is 7.08. The molecule has 10 nitrogen and oxygen atoms in total. The molecule has 1 fully saturated rings. The molecule has 0 saturated carbocycles. The van der Waals surface area contributed by atoms with Crippen molar-refractivity contribution in [1.82, 2.24) is 24.5 Å². The predicted molar refractivity (Wildman–Crippen MR) is 152 cm³/mol. The first-order valence-electron chi connectivity index (χ1n) is 13.3. The molecular weight excluding hydrogens is 568 g/mol. The number of nitriles is 1. The highest BCUT2D eigenvalue weighted by Gasteiger charge is 2.36. The number of rotatable bonds is 6. The van der Waals surface area contributed by atoms with Gasteiger partial charge in [-0.2, -0.15) is 5.26 Å². The van der Waals surface area contributed by atoms with Crippen LogP contribution in [0.25, 0.3) is 22.0 Å². The minimum absolute atomic E-state index is 0.00322. The topological polar surface area (TPSA) is 112 Å². The Balaban J connectivity index is 1.63. The zero-order chi connectivity index (χ0) is 29.7. The average molecular weight is 594 g/mol. The van der Waals surface area contributed by atoms with Crippen LogP contribution in [0, 0.1) is 23.0 Å². The fourth-order valence-corrected chi connectivity index (χ4v) is 6.26. The molecule has 4 aromatic rings. The number of anilines is 1. The molecule has 0 bridgehead atoms. The second kappa shape index (κ2) is 10.8. The fraction of sp³-hybridized carbons (Fsp3) is 0.310. The van der Waals surface area contributed by atoms with Gasteiger partial charge in [0.1, 0.15) is 36.1 Å². The zero-order valence-corrected chi connectivity index (χ0v) is 23.3. The number of benzene rings is 2. The van der Waals surface area contributed by atoms with Crippen LogP contribution in [-0.2, 0) is 6.54 Å². The summed E-state index contributed by atoms with van der Waals surface area (Å²) in [6.07, 6.45) is 3.78. The number of hydrogen-bond donors (Lipinski definition) is 1. The Morgan fingerprint density at radius 3 is 2.81 bits per heavy atom. The number of pyridine rings is 1. The molecule has 2 aliphatic heterocycles. The number of piperazine rings is 1. The Hall–Kier alpha value is -4.31. The summed E-state index contributed by atoms with van der Waals surface area (Å²) in [5.74, 6) is -1.42. The van der Waals surface area contributed by atoms with Gasteiger partial charge >= 0.3 is 0 Å². The van der Waals surface area contributed by atoms with Gasteiger partial charge < -0.3 is 14.7 Å². The van der Waals surface area contributed by atoms with Crippen molar-refractivity contribution in [1.29, 1.82) is 5.26 Å². The monoisotopic (exact) mass is 593 g/mol. The van der Waals surface area contributed by atoms with Gasteiger partial charge in [0.15, 0.2) is 5.75 Å². The van der Waals surface area contributed by atoms with Crippen LogP contribution in [0.1, 0.15) is 18.5 Å². The van der Waals surface area contributed by atoms with E-state index in [4.69, 9.17) is 16.3 Å². The number of aliphatic hydroxyl groups is 1. The van der Waals surface area contributed by atoms with Crippen LogP contribution in [0.3, 0.4) is 0 Å². The van der Waals surface area contributed by atoms with E-state index in [0.29, 0.717) is 36.2 Å². The molecule has 4 heterocycles. The van der Waals surface area contributed by atoms with Crippen molar-refractivity contribution in [3.8, 4) is 22.9 Å². The smallest absolute Gasteiger partial charge is 0.271 e. The van der Waals surface area contributed by atoms with Crippen molar-refractivity contribution in [2.45, 2.75) is 31.8 Å².